The van der Waals surface area contributed by atoms with Gasteiger partial charge in [-0.25, -0.2) is 12.8 Å². The minimum atomic E-state index is -3.80. The van der Waals surface area contributed by atoms with Crippen LogP contribution in [0.5, 0.6) is 0 Å². The Morgan fingerprint density at radius 3 is 2.56 bits per heavy atom. The Kier molecular flexibility index (Phi) is 4.20. The molecule has 8 heteroatoms. The van der Waals surface area contributed by atoms with E-state index in [1.165, 1.54) is 10.4 Å². The molecule has 0 unspecified atom stereocenters. The monoisotopic (exact) mass is 354 g/mol. The molecular formula is C10H12BrFN2O2S2. The highest BCUT2D eigenvalue weighted by molar-refractivity contribution is 9.10. The number of benzene rings is 1. The summed E-state index contributed by atoms with van der Waals surface area (Å²) in [7, 11) is -3.80. The number of sulfonamides is 1. The fraction of sp³-hybridized carbons (Fsp3) is 0.400. The second-order valence-corrected chi connectivity index (χ2v) is 7.82. The largest absolute Gasteiger partial charge is 0.399 e. The van der Waals surface area contributed by atoms with Crippen LogP contribution in [-0.4, -0.2) is 37.3 Å². The molecule has 2 rings (SSSR count). The van der Waals surface area contributed by atoms with Crippen LogP contribution in [0.4, 0.5) is 10.1 Å². The molecule has 1 heterocycles. The molecule has 100 valence electrons. The first-order chi connectivity index (χ1) is 8.43. The van der Waals surface area contributed by atoms with E-state index in [2.05, 4.69) is 15.9 Å². The van der Waals surface area contributed by atoms with E-state index in [-0.39, 0.29) is 15.1 Å². The lowest BCUT2D eigenvalue weighted by Gasteiger charge is -2.26. The van der Waals surface area contributed by atoms with E-state index in [1.54, 1.807) is 11.8 Å². The summed E-state index contributed by atoms with van der Waals surface area (Å²) in [5.41, 5.74) is 5.79. The third-order valence-electron chi connectivity index (χ3n) is 2.61. The predicted molar refractivity (Wildman–Crippen MR) is 74.6 cm³/mol. The molecule has 1 aliphatic heterocycles. The maximum Gasteiger partial charge on any atom is 0.246 e. The molecule has 2 N–H and O–H groups in total. The highest BCUT2D eigenvalue weighted by Gasteiger charge is 2.29. The maximum atomic E-state index is 13.9. The van der Waals surface area contributed by atoms with Crippen LogP contribution in [0.1, 0.15) is 0 Å². The van der Waals surface area contributed by atoms with Crippen molar-refractivity contribution in [2.75, 3.05) is 30.3 Å². The van der Waals surface area contributed by atoms with Crippen LogP contribution in [-0.2, 0) is 10.0 Å². The van der Waals surface area contributed by atoms with Crippen molar-refractivity contribution in [1.29, 1.82) is 0 Å². The molecule has 0 atom stereocenters. The van der Waals surface area contributed by atoms with Gasteiger partial charge in [0.15, 0.2) is 5.82 Å². The summed E-state index contributed by atoms with van der Waals surface area (Å²) in [4.78, 5) is -0.360. The van der Waals surface area contributed by atoms with Crippen LogP contribution in [0.15, 0.2) is 21.5 Å². The molecule has 0 radical (unpaired) electrons. The molecule has 1 aliphatic rings. The number of nitrogens with zero attached hydrogens (tertiary/aromatic N) is 1. The van der Waals surface area contributed by atoms with Gasteiger partial charge in [-0.1, -0.05) is 0 Å². The first-order valence-corrected chi connectivity index (χ1v) is 8.64. The van der Waals surface area contributed by atoms with E-state index in [1.807, 2.05) is 0 Å². The van der Waals surface area contributed by atoms with Crippen LogP contribution < -0.4 is 5.73 Å². The second kappa shape index (κ2) is 5.36. The van der Waals surface area contributed by atoms with Gasteiger partial charge in [-0.3, -0.25) is 0 Å². The van der Waals surface area contributed by atoms with Gasteiger partial charge in [-0.15, -0.1) is 0 Å². The number of nitrogen functional groups attached to an aromatic ring is 1. The van der Waals surface area contributed by atoms with Crippen molar-refractivity contribution in [3.8, 4) is 0 Å². The highest BCUT2D eigenvalue weighted by Crippen LogP contribution is 2.29. The summed E-state index contributed by atoms with van der Waals surface area (Å²) < 4.78 is 39.9. The Hall–Kier alpha value is -0.310. The molecule has 0 saturated carbocycles. The molecule has 0 amide bonds. The summed E-state index contributed by atoms with van der Waals surface area (Å²) in [5, 5.41) is 0. The fourth-order valence-corrected chi connectivity index (χ4v) is 5.00. The average molecular weight is 355 g/mol. The van der Waals surface area contributed by atoms with Crippen molar-refractivity contribution in [2.45, 2.75) is 4.90 Å². The second-order valence-electron chi connectivity index (χ2n) is 3.83. The van der Waals surface area contributed by atoms with Gasteiger partial charge in [0.2, 0.25) is 10.0 Å². The normalized spacial score (nSPS) is 17.9. The van der Waals surface area contributed by atoms with Gasteiger partial charge in [0.25, 0.3) is 0 Å². The number of nitrogens with two attached hydrogens (primary N) is 1. The molecule has 1 saturated heterocycles. The first kappa shape index (κ1) is 14.1. The van der Waals surface area contributed by atoms with Crippen LogP contribution in [0, 0.1) is 5.82 Å². The number of thioether (sulfide) groups is 1. The average Bonchev–Trinajstić information content (AvgIpc) is 2.34. The van der Waals surface area contributed by atoms with Crippen molar-refractivity contribution in [3.05, 3.63) is 22.4 Å². The zero-order valence-electron chi connectivity index (χ0n) is 9.40. The van der Waals surface area contributed by atoms with Crippen LogP contribution >= 0.6 is 27.7 Å². The zero-order chi connectivity index (χ0) is 13.3. The Bertz CT molecular complexity index is 559. The fourth-order valence-electron chi connectivity index (χ4n) is 1.70. The molecule has 0 aromatic heterocycles. The van der Waals surface area contributed by atoms with Gasteiger partial charge in [0.05, 0.1) is 4.47 Å². The molecule has 1 aromatic carbocycles. The maximum absolute atomic E-state index is 13.9. The lowest BCUT2D eigenvalue weighted by Crippen LogP contribution is -2.38. The summed E-state index contributed by atoms with van der Waals surface area (Å²) in [6.45, 7) is 0.803. The van der Waals surface area contributed by atoms with E-state index in [9.17, 15) is 12.8 Å². The topological polar surface area (TPSA) is 63.4 Å². The smallest absolute Gasteiger partial charge is 0.246 e. The highest BCUT2D eigenvalue weighted by atomic mass is 79.9. The quantitative estimate of drug-likeness (QED) is 0.824. The summed E-state index contributed by atoms with van der Waals surface area (Å²) in [6, 6.07) is 2.51. The van der Waals surface area contributed by atoms with Crippen molar-refractivity contribution in [1.82, 2.24) is 4.31 Å². The Balaban J connectivity index is 2.46. The van der Waals surface area contributed by atoms with Crippen molar-refractivity contribution in [3.63, 3.8) is 0 Å². The van der Waals surface area contributed by atoms with Crippen LogP contribution in [0.25, 0.3) is 0 Å². The number of anilines is 1. The van der Waals surface area contributed by atoms with Crippen molar-refractivity contribution >= 4 is 43.4 Å². The lowest BCUT2D eigenvalue weighted by molar-refractivity contribution is 0.438. The van der Waals surface area contributed by atoms with Gasteiger partial charge < -0.3 is 5.73 Å². The minimum absolute atomic E-state index is 0.0625. The number of halogens is 2. The lowest BCUT2D eigenvalue weighted by atomic mass is 10.3. The van der Waals surface area contributed by atoms with Crippen LogP contribution in [0.2, 0.25) is 0 Å². The standard InChI is InChI=1S/C10H12BrFN2O2S2/c11-8-5-7(13)6-9(10(8)12)18(15,16)14-1-3-17-4-2-14/h5-6H,1-4,13H2. The zero-order valence-corrected chi connectivity index (χ0v) is 12.6. The molecular weight excluding hydrogens is 343 g/mol. The van der Waals surface area contributed by atoms with E-state index in [0.29, 0.717) is 13.1 Å². The first-order valence-electron chi connectivity index (χ1n) is 5.25. The van der Waals surface area contributed by atoms with Gasteiger partial charge >= 0.3 is 0 Å². The molecule has 4 nitrogen and oxygen atoms in total. The SMILES string of the molecule is Nc1cc(Br)c(F)c(S(=O)(=O)N2CCSCC2)c1. The van der Waals surface area contributed by atoms with E-state index >= 15 is 0 Å². The molecule has 0 aliphatic carbocycles. The molecule has 0 bridgehead atoms. The molecule has 18 heavy (non-hydrogen) atoms. The summed E-state index contributed by atoms with van der Waals surface area (Å²) in [5.74, 6) is 0.664. The Labute approximate surface area is 118 Å². The van der Waals surface area contributed by atoms with Crippen molar-refractivity contribution in [2.24, 2.45) is 0 Å². The molecule has 0 spiro atoms. The summed E-state index contributed by atoms with van der Waals surface area (Å²) in [6.07, 6.45) is 0. The third kappa shape index (κ3) is 2.66. The van der Waals surface area contributed by atoms with Gasteiger partial charge in [-0.2, -0.15) is 16.1 Å². The van der Waals surface area contributed by atoms with Gasteiger partial charge in [-0.05, 0) is 28.1 Å². The Morgan fingerprint density at radius 2 is 1.94 bits per heavy atom. The number of rotatable bonds is 2. The van der Waals surface area contributed by atoms with Gasteiger partial charge in [0, 0.05) is 30.3 Å². The Morgan fingerprint density at radius 1 is 1.33 bits per heavy atom. The molecule has 1 fully saturated rings. The molecule has 1 aromatic rings. The third-order valence-corrected chi connectivity index (χ3v) is 6.02. The van der Waals surface area contributed by atoms with Crippen molar-refractivity contribution < 1.29 is 12.8 Å². The van der Waals surface area contributed by atoms with E-state index < -0.39 is 15.8 Å². The van der Waals surface area contributed by atoms with Crippen LogP contribution in [0.3, 0.4) is 0 Å². The number of hydrogen-bond acceptors (Lipinski definition) is 4. The van der Waals surface area contributed by atoms with Gasteiger partial charge in [0.1, 0.15) is 4.90 Å². The van der Waals surface area contributed by atoms with E-state index in [4.69, 9.17) is 5.73 Å². The predicted octanol–water partition coefficient (Wildman–Crippen LogP) is 1.91. The summed E-state index contributed by atoms with van der Waals surface area (Å²) >= 11 is 4.66. The minimum Gasteiger partial charge on any atom is -0.399 e. The number of hydrogen-bond donors (Lipinski definition) is 1. The van der Waals surface area contributed by atoms with E-state index in [0.717, 1.165) is 17.6 Å².